The molecule has 2 N–H and O–H groups in total. The molecule has 23 heavy (non-hydrogen) atoms. The van der Waals surface area contributed by atoms with Crippen molar-refractivity contribution in [3.05, 3.63) is 36.4 Å². The minimum absolute atomic E-state index is 0.351. The van der Waals surface area contributed by atoms with Gasteiger partial charge in [0, 0.05) is 5.69 Å². The lowest BCUT2D eigenvalue weighted by Crippen LogP contribution is -2.44. The number of anilines is 1. The highest BCUT2D eigenvalue weighted by Crippen LogP contribution is 2.47. The van der Waals surface area contributed by atoms with E-state index in [2.05, 4.69) is 5.32 Å². The Morgan fingerprint density at radius 1 is 1.35 bits per heavy atom. The molecule has 1 saturated heterocycles. The van der Waals surface area contributed by atoms with Crippen LogP contribution in [0.2, 0.25) is 0 Å². The van der Waals surface area contributed by atoms with Gasteiger partial charge in [-0.1, -0.05) is 12.2 Å². The average Bonchev–Trinajstić information content (AvgIpc) is 3.02. The number of aliphatic carboxylic acids is 1. The molecule has 2 heterocycles. The fourth-order valence-corrected chi connectivity index (χ4v) is 3.30. The largest absolute Gasteiger partial charge is 0.494 e. The first-order chi connectivity index (χ1) is 10.9. The van der Waals surface area contributed by atoms with E-state index >= 15 is 0 Å². The number of amides is 1. The highest BCUT2D eigenvalue weighted by Gasteiger charge is 2.59. The molecule has 4 atom stereocenters. The number of carboxylic acid groups (broad SMARTS) is 1. The van der Waals surface area contributed by atoms with Crippen molar-refractivity contribution in [2.45, 2.75) is 25.6 Å². The standard InChI is InChI=1S/C17H19NO5/c1-3-22-11-6-4-10(5-7-11)18-15(19)14-13(16(20)21)12-8-9-17(14,2)23-12/h4-9,12-14H,3H2,1-2H3,(H,18,19)(H,20,21)/t12-,13+,14+,17-/m1/s1. The molecule has 0 spiro atoms. The summed E-state index contributed by atoms with van der Waals surface area (Å²) in [7, 11) is 0. The van der Waals surface area contributed by atoms with Crippen molar-refractivity contribution in [2.24, 2.45) is 11.8 Å². The Labute approximate surface area is 134 Å². The molecule has 3 rings (SSSR count). The first kappa shape index (κ1) is 15.6. The van der Waals surface area contributed by atoms with Gasteiger partial charge in [-0.2, -0.15) is 0 Å². The maximum absolute atomic E-state index is 12.6. The summed E-state index contributed by atoms with van der Waals surface area (Å²) >= 11 is 0. The maximum Gasteiger partial charge on any atom is 0.310 e. The van der Waals surface area contributed by atoms with Gasteiger partial charge < -0.3 is 19.9 Å². The zero-order chi connectivity index (χ0) is 16.6. The van der Waals surface area contributed by atoms with Gasteiger partial charge in [-0.05, 0) is 38.1 Å². The lowest BCUT2D eigenvalue weighted by Gasteiger charge is -2.27. The first-order valence-electron chi connectivity index (χ1n) is 7.58. The highest BCUT2D eigenvalue weighted by molar-refractivity contribution is 5.97. The lowest BCUT2D eigenvalue weighted by molar-refractivity contribution is -0.146. The van der Waals surface area contributed by atoms with Gasteiger partial charge in [0.05, 0.1) is 24.2 Å². The molecule has 122 valence electrons. The number of carboxylic acids is 1. The molecule has 1 fully saturated rings. The smallest absolute Gasteiger partial charge is 0.310 e. The normalized spacial score (nSPS) is 31.1. The van der Waals surface area contributed by atoms with Gasteiger partial charge in [-0.25, -0.2) is 0 Å². The summed E-state index contributed by atoms with van der Waals surface area (Å²) < 4.78 is 11.0. The third-order valence-electron chi connectivity index (χ3n) is 4.34. The van der Waals surface area contributed by atoms with Gasteiger partial charge in [-0.15, -0.1) is 0 Å². The molecular formula is C17H19NO5. The van der Waals surface area contributed by atoms with Crippen molar-refractivity contribution in [3.63, 3.8) is 0 Å². The topological polar surface area (TPSA) is 84.9 Å². The van der Waals surface area contributed by atoms with Gasteiger partial charge in [0.2, 0.25) is 5.91 Å². The van der Waals surface area contributed by atoms with Crippen LogP contribution in [0, 0.1) is 11.8 Å². The van der Waals surface area contributed by atoms with Crippen LogP contribution in [-0.2, 0) is 14.3 Å². The van der Waals surface area contributed by atoms with Crippen LogP contribution in [0.5, 0.6) is 5.75 Å². The molecule has 2 aliphatic heterocycles. The van der Waals surface area contributed by atoms with Crippen LogP contribution in [0.4, 0.5) is 5.69 Å². The van der Waals surface area contributed by atoms with Crippen LogP contribution in [0.3, 0.4) is 0 Å². The number of hydrogen-bond acceptors (Lipinski definition) is 4. The second-order valence-electron chi connectivity index (χ2n) is 5.91. The molecule has 1 amide bonds. The van der Waals surface area contributed by atoms with Crippen LogP contribution in [0.25, 0.3) is 0 Å². The van der Waals surface area contributed by atoms with Crippen LogP contribution >= 0.6 is 0 Å². The van der Waals surface area contributed by atoms with Gasteiger partial charge >= 0.3 is 5.97 Å². The Balaban J connectivity index is 1.77. The summed E-state index contributed by atoms with van der Waals surface area (Å²) in [5, 5.41) is 12.2. The minimum Gasteiger partial charge on any atom is -0.494 e. The Morgan fingerprint density at radius 2 is 2.04 bits per heavy atom. The molecule has 0 unspecified atom stereocenters. The molecule has 0 saturated carbocycles. The number of fused-ring (bicyclic) bond motifs is 2. The zero-order valence-corrected chi connectivity index (χ0v) is 13.0. The molecule has 6 heteroatoms. The number of carbonyl (C=O) groups is 2. The van der Waals surface area contributed by atoms with Gasteiger partial charge in [0.1, 0.15) is 11.7 Å². The van der Waals surface area contributed by atoms with Crippen molar-refractivity contribution in [3.8, 4) is 5.75 Å². The van der Waals surface area contributed by atoms with E-state index in [4.69, 9.17) is 9.47 Å². The van der Waals surface area contributed by atoms with Gasteiger partial charge in [-0.3, -0.25) is 9.59 Å². The van der Waals surface area contributed by atoms with Crippen LogP contribution in [-0.4, -0.2) is 35.3 Å². The maximum atomic E-state index is 12.6. The number of benzene rings is 1. The van der Waals surface area contributed by atoms with Crippen LogP contribution < -0.4 is 10.1 Å². The van der Waals surface area contributed by atoms with Crippen molar-refractivity contribution < 1.29 is 24.2 Å². The van der Waals surface area contributed by atoms with E-state index in [0.717, 1.165) is 0 Å². The fourth-order valence-electron chi connectivity index (χ4n) is 3.30. The van der Waals surface area contributed by atoms with Gasteiger partial charge in [0.15, 0.2) is 0 Å². The fraction of sp³-hybridized carbons (Fsp3) is 0.412. The van der Waals surface area contributed by atoms with Crippen molar-refractivity contribution in [1.82, 2.24) is 0 Å². The zero-order valence-electron chi connectivity index (χ0n) is 13.0. The molecule has 0 radical (unpaired) electrons. The average molecular weight is 317 g/mol. The van der Waals surface area contributed by atoms with Crippen LogP contribution in [0.15, 0.2) is 36.4 Å². The first-order valence-corrected chi connectivity index (χ1v) is 7.58. The van der Waals surface area contributed by atoms with E-state index in [9.17, 15) is 14.7 Å². The molecule has 0 aromatic heterocycles. The summed E-state index contributed by atoms with van der Waals surface area (Å²) in [4.78, 5) is 24.1. The van der Waals surface area contributed by atoms with Gasteiger partial charge in [0.25, 0.3) is 0 Å². The second kappa shape index (κ2) is 5.70. The number of hydrogen-bond donors (Lipinski definition) is 2. The summed E-state index contributed by atoms with van der Waals surface area (Å²) in [6.07, 6.45) is 2.95. The van der Waals surface area contributed by atoms with Crippen molar-refractivity contribution in [1.29, 1.82) is 0 Å². The summed E-state index contributed by atoms with van der Waals surface area (Å²) in [6.45, 7) is 4.21. The quantitative estimate of drug-likeness (QED) is 0.812. The number of rotatable bonds is 5. The van der Waals surface area contributed by atoms with E-state index in [1.54, 1.807) is 43.3 Å². The molecular weight excluding hydrogens is 298 g/mol. The Bertz CT molecular complexity index is 653. The number of ether oxygens (including phenoxy) is 2. The Morgan fingerprint density at radius 3 is 2.65 bits per heavy atom. The molecule has 0 aliphatic carbocycles. The minimum atomic E-state index is -1.02. The second-order valence-corrected chi connectivity index (χ2v) is 5.91. The molecule has 1 aromatic carbocycles. The lowest BCUT2D eigenvalue weighted by atomic mass is 9.75. The molecule has 1 aromatic rings. The number of carbonyl (C=O) groups excluding carboxylic acids is 1. The highest BCUT2D eigenvalue weighted by atomic mass is 16.5. The third kappa shape index (κ3) is 2.70. The summed E-state index contributed by atoms with van der Waals surface area (Å²) in [5.41, 5.74) is -0.277. The SMILES string of the molecule is CCOc1ccc(NC(=O)[C@@H]2[C@@H](C(=O)O)[C@H]3C=C[C@@]2(C)O3)cc1. The van der Waals surface area contributed by atoms with E-state index in [1.807, 2.05) is 6.92 Å². The Kier molecular flexibility index (Phi) is 3.85. The monoisotopic (exact) mass is 317 g/mol. The predicted molar refractivity (Wildman–Crippen MR) is 83.3 cm³/mol. The van der Waals surface area contributed by atoms with E-state index < -0.39 is 29.5 Å². The Hall–Kier alpha value is -2.34. The summed E-state index contributed by atoms with van der Waals surface area (Å²) in [5.74, 6) is -2.29. The van der Waals surface area contributed by atoms with E-state index in [1.165, 1.54) is 0 Å². The molecule has 2 aliphatic rings. The van der Waals surface area contributed by atoms with Crippen molar-refractivity contribution >= 4 is 17.6 Å². The third-order valence-corrected chi connectivity index (χ3v) is 4.34. The van der Waals surface area contributed by atoms with E-state index in [0.29, 0.717) is 18.0 Å². The molecule has 6 nitrogen and oxygen atoms in total. The molecule has 2 bridgehead atoms. The number of nitrogens with one attached hydrogen (secondary N) is 1. The van der Waals surface area contributed by atoms with Crippen molar-refractivity contribution in [2.75, 3.05) is 11.9 Å². The summed E-state index contributed by atoms with van der Waals surface area (Å²) in [6, 6.07) is 6.97. The van der Waals surface area contributed by atoms with E-state index in [-0.39, 0.29) is 5.91 Å². The van der Waals surface area contributed by atoms with Crippen LogP contribution in [0.1, 0.15) is 13.8 Å². The predicted octanol–water partition coefficient (Wildman–Crippen LogP) is 2.07.